The van der Waals surface area contributed by atoms with Gasteiger partial charge in [0.15, 0.2) is 0 Å². The van der Waals surface area contributed by atoms with E-state index in [2.05, 4.69) is 28.7 Å². The minimum Gasteiger partial charge on any atom is -0.437 e. The third-order valence-corrected chi connectivity index (χ3v) is 5.01. The average Bonchev–Trinajstić information content (AvgIpc) is 2.68. The molecule has 0 bridgehead atoms. The number of rotatable bonds is 6. The summed E-state index contributed by atoms with van der Waals surface area (Å²) in [7, 11) is 0. The molecule has 1 aliphatic heterocycles. The van der Waals surface area contributed by atoms with Gasteiger partial charge in [0.2, 0.25) is 11.8 Å². The molecule has 1 saturated heterocycles. The van der Waals surface area contributed by atoms with Gasteiger partial charge in [0, 0.05) is 38.2 Å². The summed E-state index contributed by atoms with van der Waals surface area (Å²) in [5, 5.41) is 0.533. The Morgan fingerprint density at radius 2 is 2.11 bits per heavy atom. The van der Waals surface area contributed by atoms with Gasteiger partial charge < -0.3 is 14.5 Å². The van der Waals surface area contributed by atoms with Crippen LogP contribution in [-0.2, 0) is 4.79 Å². The van der Waals surface area contributed by atoms with E-state index in [9.17, 15) is 4.79 Å². The number of carbonyl (C=O) groups is 1. The molecule has 1 aromatic heterocycles. The second-order valence-electron chi connectivity index (χ2n) is 6.73. The average molecular weight is 389 g/mol. The fraction of sp³-hybridized carbons (Fsp3) is 0.450. The Balaban J connectivity index is 1.66. The highest BCUT2D eigenvalue weighted by atomic mass is 35.5. The number of piperazine rings is 1. The number of hydrogen-bond donors (Lipinski definition) is 0. The number of unbranched alkanes of at least 4 members (excludes halogenated alkanes) is 1. The first-order valence-corrected chi connectivity index (χ1v) is 9.75. The van der Waals surface area contributed by atoms with Crippen molar-refractivity contribution in [3.63, 3.8) is 0 Å². The topological polar surface area (TPSA) is 58.6 Å². The highest BCUT2D eigenvalue weighted by molar-refractivity contribution is 6.32. The predicted molar refractivity (Wildman–Crippen MR) is 106 cm³/mol. The number of aromatic nitrogens is 2. The first-order valence-electron chi connectivity index (χ1n) is 9.37. The van der Waals surface area contributed by atoms with Crippen LogP contribution in [0.1, 0.15) is 33.1 Å². The lowest BCUT2D eigenvalue weighted by Gasteiger charge is -2.40. The molecular weight excluding hydrogens is 364 g/mol. The van der Waals surface area contributed by atoms with E-state index in [1.807, 2.05) is 23.1 Å². The number of ether oxygens (including phenoxy) is 1. The van der Waals surface area contributed by atoms with Crippen molar-refractivity contribution in [2.75, 3.05) is 24.5 Å². The normalized spacial score (nSPS) is 17.1. The second-order valence-corrected chi connectivity index (χ2v) is 7.14. The van der Waals surface area contributed by atoms with Crippen molar-refractivity contribution in [3.05, 3.63) is 41.7 Å². The number of hydrogen-bond acceptors (Lipinski definition) is 5. The molecule has 0 radical (unpaired) electrons. The van der Waals surface area contributed by atoms with Crippen LogP contribution in [0.25, 0.3) is 0 Å². The molecular formula is C20H25ClN4O2. The van der Waals surface area contributed by atoms with Crippen LogP contribution in [0.4, 0.5) is 5.82 Å². The summed E-state index contributed by atoms with van der Waals surface area (Å²) in [5.41, 5.74) is 0. The first kappa shape index (κ1) is 19.4. The Labute approximate surface area is 165 Å². The van der Waals surface area contributed by atoms with Crippen molar-refractivity contribution in [1.29, 1.82) is 0 Å². The Kier molecular flexibility index (Phi) is 6.50. The van der Waals surface area contributed by atoms with Crippen LogP contribution >= 0.6 is 11.6 Å². The van der Waals surface area contributed by atoms with Crippen LogP contribution in [0.15, 0.2) is 36.7 Å². The van der Waals surface area contributed by atoms with Crippen LogP contribution < -0.4 is 9.64 Å². The first-order chi connectivity index (χ1) is 13.1. The monoisotopic (exact) mass is 388 g/mol. The van der Waals surface area contributed by atoms with Gasteiger partial charge in [-0.2, -0.15) is 0 Å². The van der Waals surface area contributed by atoms with E-state index in [-0.39, 0.29) is 11.9 Å². The van der Waals surface area contributed by atoms with E-state index >= 15 is 0 Å². The van der Waals surface area contributed by atoms with Gasteiger partial charge in [0.1, 0.15) is 17.9 Å². The quantitative estimate of drug-likeness (QED) is 0.744. The molecule has 6 nitrogen and oxygen atoms in total. The third-order valence-electron chi connectivity index (χ3n) is 4.69. The van der Waals surface area contributed by atoms with Crippen LogP contribution in [0, 0.1) is 0 Å². The Hall–Kier alpha value is -2.34. The van der Waals surface area contributed by atoms with Crippen molar-refractivity contribution in [3.8, 4) is 11.6 Å². The van der Waals surface area contributed by atoms with Crippen molar-refractivity contribution in [2.45, 2.75) is 39.2 Å². The summed E-state index contributed by atoms with van der Waals surface area (Å²) in [6, 6.07) is 9.24. The van der Waals surface area contributed by atoms with Crippen LogP contribution in [-0.4, -0.2) is 46.5 Å². The van der Waals surface area contributed by atoms with Gasteiger partial charge >= 0.3 is 0 Å². The highest BCUT2D eigenvalue weighted by Gasteiger charge is 2.27. The lowest BCUT2D eigenvalue weighted by molar-refractivity contribution is -0.133. The SMILES string of the molecule is CCCCC(=O)N1CCN(c2cc(Oc3ccccc3Cl)ncn2)C[C@@H]1C. The van der Waals surface area contributed by atoms with E-state index in [0.717, 1.165) is 31.7 Å². The van der Waals surface area contributed by atoms with Gasteiger partial charge in [0.25, 0.3) is 0 Å². The van der Waals surface area contributed by atoms with Crippen LogP contribution in [0.5, 0.6) is 11.6 Å². The molecule has 27 heavy (non-hydrogen) atoms. The molecule has 144 valence electrons. The number of nitrogens with zero attached hydrogens (tertiary/aromatic N) is 4. The molecule has 1 atom stereocenters. The minimum absolute atomic E-state index is 0.144. The largest absolute Gasteiger partial charge is 0.437 e. The fourth-order valence-corrected chi connectivity index (χ4v) is 3.38. The van der Waals surface area contributed by atoms with Gasteiger partial charge in [-0.15, -0.1) is 0 Å². The van der Waals surface area contributed by atoms with Crippen LogP contribution in [0.2, 0.25) is 5.02 Å². The molecule has 1 fully saturated rings. The van der Waals surface area contributed by atoms with E-state index in [1.54, 1.807) is 12.1 Å². The van der Waals surface area contributed by atoms with E-state index in [0.29, 0.717) is 29.6 Å². The van der Waals surface area contributed by atoms with E-state index in [1.165, 1.54) is 6.33 Å². The summed E-state index contributed by atoms with van der Waals surface area (Å²) in [5.74, 6) is 2.04. The Bertz CT molecular complexity index is 786. The lowest BCUT2D eigenvalue weighted by atomic mass is 10.1. The maximum Gasteiger partial charge on any atom is 0.224 e. The molecule has 0 N–H and O–H groups in total. The summed E-state index contributed by atoms with van der Waals surface area (Å²) < 4.78 is 5.80. The molecule has 1 aliphatic rings. The zero-order chi connectivity index (χ0) is 19.2. The van der Waals surface area contributed by atoms with Crippen LogP contribution in [0.3, 0.4) is 0 Å². The molecule has 0 saturated carbocycles. The number of carbonyl (C=O) groups excluding carboxylic acids is 1. The zero-order valence-corrected chi connectivity index (χ0v) is 16.5. The van der Waals surface area contributed by atoms with Gasteiger partial charge in [-0.3, -0.25) is 4.79 Å². The lowest BCUT2D eigenvalue weighted by Crippen LogP contribution is -2.54. The number of benzene rings is 1. The highest BCUT2D eigenvalue weighted by Crippen LogP contribution is 2.29. The fourth-order valence-electron chi connectivity index (χ4n) is 3.21. The maximum absolute atomic E-state index is 12.3. The van der Waals surface area contributed by atoms with Gasteiger partial charge in [-0.1, -0.05) is 37.1 Å². The molecule has 0 unspecified atom stereocenters. The number of halogens is 1. The second kappa shape index (κ2) is 9.04. The molecule has 2 aromatic rings. The molecule has 1 aromatic carbocycles. The third kappa shape index (κ3) is 4.89. The number of anilines is 1. The molecule has 0 spiro atoms. The molecule has 7 heteroatoms. The molecule has 3 rings (SSSR count). The van der Waals surface area contributed by atoms with Crippen molar-refractivity contribution in [2.24, 2.45) is 0 Å². The summed E-state index contributed by atoms with van der Waals surface area (Å²) in [6.07, 6.45) is 4.10. The molecule has 0 aliphatic carbocycles. The summed E-state index contributed by atoms with van der Waals surface area (Å²) in [4.78, 5) is 25.1. The summed E-state index contributed by atoms with van der Waals surface area (Å²) in [6.45, 7) is 6.37. The van der Waals surface area contributed by atoms with Gasteiger partial charge in [-0.25, -0.2) is 9.97 Å². The standard InChI is InChI=1S/C20H25ClN4O2/c1-3-4-9-20(26)25-11-10-24(13-15(25)2)18-12-19(23-14-22-18)27-17-8-6-5-7-16(17)21/h5-8,12,14-15H,3-4,9-11,13H2,1-2H3/t15-/m0/s1. The Morgan fingerprint density at radius 3 is 2.85 bits per heavy atom. The Morgan fingerprint density at radius 1 is 1.30 bits per heavy atom. The zero-order valence-electron chi connectivity index (χ0n) is 15.8. The van der Waals surface area contributed by atoms with E-state index < -0.39 is 0 Å². The minimum atomic E-state index is 0.144. The summed E-state index contributed by atoms with van der Waals surface area (Å²) >= 11 is 6.15. The van der Waals surface area contributed by atoms with E-state index in [4.69, 9.17) is 16.3 Å². The number of para-hydroxylation sites is 1. The number of amides is 1. The smallest absolute Gasteiger partial charge is 0.224 e. The van der Waals surface area contributed by atoms with Crippen molar-refractivity contribution >= 4 is 23.3 Å². The maximum atomic E-state index is 12.3. The van der Waals surface area contributed by atoms with Gasteiger partial charge in [-0.05, 0) is 25.5 Å². The molecule has 2 heterocycles. The predicted octanol–water partition coefficient (Wildman–Crippen LogP) is 4.15. The molecule has 1 amide bonds. The van der Waals surface area contributed by atoms with Gasteiger partial charge in [0.05, 0.1) is 5.02 Å². The van der Waals surface area contributed by atoms with Crippen molar-refractivity contribution in [1.82, 2.24) is 14.9 Å². The van der Waals surface area contributed by atoms with Crippen molar-refractivity contribution < 1.29 is 9.53 Å².